The molecule has 0 aliphatic carbocycles. The number of hydrogen-bond acceptors (Lipinski definition) is 4. The number of carbonyl (C=O) groups excluding carboxylic acids is 1. The minimum absolute atomic E-state index is 0.287. The number of hydrogen-bond donors (Lipinski definition) is 0. The average Bonchev–Trinajstić information content (AvgIpc) is 2.98. The Balaban J connectivity index is 2.27. The minimum Gasteiger partial charge on any atom is -0.481 e. The predicted molar refractivity (Wildman–Crippen MR) is 89.2 cm³/mol. The molecule has 0 spiro atoms. The molecule has 2 heterocycles. The first-order valence-electron chi connectivity index (χ1n) is 7.55. The zero-order chi connectivity index (χ0) is 16.6. The second-order valence-electron chi connectivity index (χ2n) is 5.78. The number of aromatic nitrogens is 3. The minimum atomic E-state index is 0.287. The van der Waals surface area contributed by atoms with Crippen molar-refractivity contribution in [2.75, 3.05) is 7.11 Å². The first-order chi connectivity index (χ1) is 11.1. The van der Waals surface area contributed by atoms with Crippen molar-refractivity contribution in [3.8, 4) is 17.1 Å². The van der Waals surface area contributed by atoms with Gasteiger partial charge in [-0.2, -0.15) is 4.98 Å². The predicted octanol–water partition coefficient (Wildman–Crippen LogP) is 3.65. The van der Waals surface area contributed by atoms with Gasteiger partial charge in [-0.25, -0.2) is 4.98 Å². The van der Waals surface area contributed by atoms with Crippen LogP contribution in [0.1, 0.15) is 41.4 Å². The van der Waals surface area contributed by atoms with Crippen LogP contribution in [0.3, 0.4) is 0 Å². The van der Waals surface area contributed by atoms with Crippen LogP contribution >= 0.6 is 0 Å². The molecule has 3 rings (SSSR count). The van der Waals surface area contributed by atoms with Crippen LogP contribution in [0.4, 0.5) is 0 Å². The molecule has 0 saturated carbocycles. The van der Waals surface area contributed by atoms with Crippen molar-refractivity contribution in [2.24, 2.45) is 0 Å². The van der Waals surface area contributed by atoms with Crippen molar-refractivity contribution in [3.63, 3.8) is 0 Å². The third-order valence-electron chi connectivity index (χ3n) is 4.00. The molecule has 0 saturated heterocycles. The molecule has 0 N–H and O–H groups in total. The van der Waals surface area contributed by atoms with Crippen molar-refractivity contribution in [3.05, 3.63) is 47.3 Å². The van der Waals surface area contributed by atoms with Gasteiger partial charge in [0.25, 0.3) is 0 Å². The van der Waals surface area contributed by atoms with E-state index in [1.807, 2.05) is 35.7 Å². The van der Waals surface area contributed by atoms with E-state index in [-0.39, 0.29) is 5.92 Å². The van der Waals surface area contributed by atoms with E-state index < -0.39 is 0 Å². The zero-order valence-electron chi connectivity index (χ0n) is 13.7. The highest BCUT2D eigenvalue weighted by Gasteiger charge is 2.18. The van der Waals surface area contributed by atoms with Gasteiger partial charge in [-0.05, 0) is 12.8 Å². The maximum Gasteiger partial charge on any atom is 0.237 e. The van der Waals surface area contributed by atoms with Crippen LogP contribution in [-0.2, 0) is 0 Å². The molecular weight excluding hydrogens is 290 g/mol. The number of aldehydes is 1. The monoisotopic (exact) mass is 309 g/mol. The Hall–Kier alpha value is -2.69. The molecule has 5 heteroatoms. The van der Waals surface area contributed by atoms with E-state index in [2.05, 4.69) is 23.8 Å². The topological polar surface area (TPSA) is 56.5 Å². The molecule has 0 atom stereocenters. The normalized spacial score (nSPS) is 11.2. The van der Waals surface area contributed by atoms with Gasteiger partial charge in [-0.3, -0.25) is 9.20 Å². The molecule has 23 heavy (non-hydrogen) atoms. The van der Waals surface area contributed by atoms with Gasteiger partial charge in [-0.1, -0.05) is 38.1 Å². The van der Waals surface area contributed by atoms with E-state index in [0.29, 0.717) is 17.2 Å². The molecule has 0 aliphatic rings. The number of fused-ring (bicyclic) bond motifs is 1. The van der Waals surface area contributed by atoms with Crippen LogP contribution in [-0.4, -0.2) is 27.8 Å². The van der Waals surface area contributed by atoms with E-state index in [9.17, 15) is 4.79 Å². The summed E-state index contributed by atoms with van der Waals surface area (Å²) in [6.07, 6.45) is 2.77. The van der Waals surface area contributed by atoms with Gasteiger partial charge >= 0.3 is 0 Å². The van der Waals surface area contributed by atoms with Gasteiger partial charge in [0, 0.05) is 28.6 Å². The number of methoxy groups -OCH3 is 1. The Kier molecular flexibility index (Phi) is 3.86. The van der Waals surface area contributed by atoms with Crippen LogP contribution in [0.25, 0.3) is 17.0 Å². The summed E-state index contributed by atoms with van der Waals surface area (Å²) in [5.74, 6) is 1.46. The van der Waals surface area contributed by atoms with E-state index in [1.165, 1.54) is 0 Å². The number of aryl methyl sites for hydroxylation is 1. The van der Waals surface area contributed by atoms with Gasteiger partial charge in [0.15, 0.2) is 6.29 Å². The SMILES string of the molecule is COc1nc2nc(-c3ccccc3C=O)cn2c(C)c1C(C)C. The van der Waals surface area contributed by atoms with Crippen LogP contribution in [0.2, 0.25) is 0 Å². The maximum atomic E-state index is 11.3. The standard InChI is InChI=1S/C18H19N3O2/c1-11(2)16-12(3)21-9-15(19-18(21)20-17(16)23-4)14-8-6-5-7-13(14)10-22/h5-11H,1-4H3. The third kappa shape index (κ3) is 2.48. The van der Waals surface area contributed by atoms with E-state index >= 15 is 0 Å². The van der Waals surface area contributed by atoms with Crippen LogP contribution in [0.15, 0.2) is 30.5 Å². The summed E-state index contributed by atoms with van der Waals surface area (Å²) in [4.78, 5) is 20.3. The molecule has 0 amide bonds. The number of rotatable bonds is 4. The number of benzene rings is 1. The van der Waals surface area contributed by atoms with Crippen molar-refractivity contribution in [2.45, 2.75) is 26.7 Å². The van der Waals surface area contributed by atoms with E-state index in [4.69, 9.17) is 4.74 Å². The first-order valence-corrected chi connectivity index (χ1v) is 7.55. The summed E-state index contributed by atoms with van der Waals surface area (Å²) in [5, 5.41) is 0. The summed E-state index contributed by atoms with van der Waals surface area (Å²) in [6.45, 7) is 6.25. The lowest BCUT2D eigenvalue weighted by Crippen LogP contribution is -2.05. The fraction of sp³-hybridized carbons (Fsp3) is 0.278. The molecule has 5 nitrogen and oxygen atoms in total. The maximum absolute atomic E-state index is 11.3. The number of ether oxygens (including phenoxy) is 1. The molecule has 3 aromatic rings. The lowest BCUT2D eigenvalue weighted by molar-refractivity contribution is 0.112. The first kappa shape index (κ1) is 15.2. The van der Waals surface area contributed by atoms with Gasteiger partial charge in [0.2, 0.25) is 11.7 Å². The smallest absolute Gasteiger partial charge is 0.237 e. The van der Waals surface area contributed by atoms with Crippen molar-refractivity contribution in [1.29, 1.82) is 0 Å². The van der Waals surface area contributed by atoms with Crippen LogP contribution in [0, 0.1) is 6.92 Å². The fourth-order valence-electron chi connectivity index (χ4n) is 2.91. The second-order valence-corrected chi connectivity index (χ2v) is 5.78. The quantitative estimate of drug-likeness (QED) is 0.690. The summed E-state index contributed by atoms with van der Waals surface area (Å²) in [6, 6.07) is 7.41. The molecule has 0 bridgehead atoms. The van der Waals surface area contributed by atoms with Crippen LogP contribution < -0.4 is 4.74 Å². The van der Waals surface area contributed by atoms with Crippen LogP contribution in [0.5, 0.6) is 5.88 Å². The summed E-state index contributed by atoms with van der Waals surface area (Å²) >= 11 is 0. The molecule has 0 unspecified atom stereocenters. The summed E-state index contributed by atoms with van der Waals surface area (Å²) in [5.41, 5.74) is 4.25. The van der Waals surface area contributed by atoms with Gasteiger partial charge in [0.05, 0.1) is 12.8 Å². The van der Waals surface area contributed by atoms with Crippen molar-refractivity contribution >= 4 is 12.1 Å². The molecule has 0 fully saturated rings. The highest BCUT2D eigenvalue weighted by atomic mass is 16.5. The Morgan fingerprint density at radius 1 is 1.22 bits per heavy atom. The Morgan fingerprint density at radius 2 is 1.96 bits per heavy atom. The van der Waals surface area contributed by atoms with E-state index in [1.54, 1.807) is 13.2 Å². The third-order valence-corrected chi connectivity index (χ3v) is 4.00. The number of carbonyl (C=O) groups is 1. The molecule has 0 radical (unpaired) electrons. The second kappa shape index (κ2) is 5.83. The number of imidazole rings is 1. The average molecular weight is 309 g/mol. The van der Waals surface area contributed by atoms with Crippen molar-refractivity contribution in [1.82, 2.24) is 14.4 Å². The molecule has 1 aromatic carbocycles. The van der Waals surface area contributed by atoms with E-state index in [0.717, 1.165) is 28.8 Å². The highest BCUT2D eigenvalue weighted by molar-refractivity contribution is 5.86. The highest BCUT2D eigenvalue weighted by Crippen LogP contribution is 2.30. The Labute approximate surface area is 135 Å². The lowest BCUT2D eigenvalue weighted by Gasteiger charge is -2.14. The molecule has 0 aliphatic heterocycles. The largest absolute Gasteiger partial charge is 0.481 e. The number of nitrogens with zero attached hydrogens (tertiary/aromatic N) is 3. The molecular formula is C18H19N3O2. The Bertz CT molecular complexity index is 881. The Morgan fingerprint density at radius 3 is 2.61 bits per heavy atom. The lowest BCUT2D eigenvalue weighted by atomic mass is 10.0. The molecule has 118 valence electrons. The molecule has 2 aromatic heterocycles. The summed E-state index contributed by atoms with van der Waals surface area (Å²) < 4.78 is 7.39. The summed E-state index contributed by atoms with van der Waals surface area (Å²) in [7, 11) is 1.62. The van der Waals surface area contributed by atoms with Gasteiger partial charge in [-0.15, -0.1) is 0 Å². The van der Waals surface area contributed by atoms with Crippen molar-refractivity contribution < 1.29 is 9.53 Å². The van der Waals surface area contributed by atoms with Gasteiger partial charge in [0.1, 0.15) is 0 Å². The fourth-order valence-corrected chi connectivity index (χ4v) is 2.91. The zero-order valence-corrected chi connectivity index (χ0v) is 13.7. The van der Waals surface area contributed by atoms with Gasteiger partial charge < -0.3 is 4.74 Å².